The monoisotopic (exact) mass is 276 g/mol. The average molecular weight is 276 g/mol. The van der Waals surface area contributed by atoms with Crippen molar-refractivity contribution in [3.05, 3.63) is 77.0 Å². The van der Waals surface area contributed by atoms with Crippen molar-refractivity contribution in [2.24, 2.45) is 5.73 Å². The lowest BCUT2D eigenvalue weighted by molar-refractivity contribution is 0.134. The van der Waals surface area contributed by atoms with Gasteiger partial charge in [0.05, 0.1) is 24.8 Å². The highest BCUT2D eigenvalue weighted by Gasteiger charge is 2.15. The van der Waals surface area contributed by atoms with Gasteiger partial charge in [-0.2, -0.15) is 0 Å². The molecular weight excluding hydrogens is 260 g/mol. The molecule has 3 nitrogen and oxygen atoms in total. The number of fused-ring (bicyclic) bond motifs is 2. The molecule has 3 aromatic rings. The summed E-state index contributed by atoms with van der Waals surface area (Å²) < 4.78 is 5.46. The Kier molecular flexibility index (Phi) is 2.95. The van der Waals surface area contributed by atoms with Crippen LogP contribution in [0.15, 0.2) is 54.7 Å². The van der Waals surface area contributed by atoms with Crippen LogP contribution in [-0.2, 0) is 18.0 Å². The van der Waals surface area contributed by atoms with Crippen molar-refractivity contribution in [1.82, 2.24) is 4.98 Å². The van der Waals surface area contributed by atoms with Gasteiger partial charge in [-0.15, -0.1) is 0 Å². The molecule has 0 aliphatic carbocycles. The molecular formula is C18H16N2O. The van der Waals surface area contributed by atoms with Gasteiger partial charge in [0.2, 0.25) is 0 Å². The van der Waals surface area contributed by atoms with Crippen LogP contribution in [-0.4, -0.2) is 4.98 Å². The third-order valence-electron chi connectivity index (χ3n) is 4.09. The summed E-state index contributed by atoms with van der Waals surface area (Å²) in [6, 6.07) is 16.5. The molecule has 2 aromatic carbocycles. The molecule has 0 saturated carbocycles. The standard InChI is InChI=1S/C18H16N2O/c19-18(13-5-6-15-10-21-11-16(15)8-13)14-4-3-12-2-1-7-20-17(12)9-14/h1-9,18H,10-11,19H2. The van der Waals surface area contributed by atoms with Crippen LogP contribution in [0.1, 0.15) is 28.3 Å². The summed E-state index contributed by atoms with van der Waals surface area (Å²) in [5.74, 6) is 0. The molecule has 0 saturated heterocycles. The number of ether oxygens (including phenoxy) is 1. The van der Waals surface area contributed by atoms with Gasteiger partial charge in [0.1, 0.15) is 0 Å². The Morgan fingerprint density at radius 1 is 0.952 bits per heavy atom. The van der Waals surface area contributed by atoms with Gasteiger partial charge in [-0.05, 0) is 34.4 Å². The first-order chi connectivity index (χ1) is 10.3. The summed E-state index contributed by atoms with van der Waals surface area (Å²) in [4.78, 5) is 4.40. The van der Waals surface area contributed by atoms with Crippen LogP contribution in [0.5, 0.6) is 0 Å². The SMILES string of the molecule is NC(c1ccc2c(c1)COC2)c1ccc2cccnc2c1. The van der Waals surface area contributed by atoms with E-state index >= 15 is 0 Å². The molecule has 21 heavy (non-hydrogen) atoms. The van der Waals surface area contributed by atoms with Crippen molar-refractivity contribution < 1.29 is 4.74 Å². The number of nitrogens with two attached hydrogens (primary N) is 1. The molecule has 0 radical (unpaired) electrons. The van der Waals surface area contributed by atoms with E-state index in [1.807, 2.05) is 12.3 Å². The molecule has 2 N–H and O–H groups in total. The lowest BCUT2D eigenvalue weighted by Crippen LogP contribution is -2.12. The van der Waals surface area contributed by atoms with E-state index in [-0.39, 0.29) is 6.04 Å². The van der Waals surface area contributed by atoms with Gasteiger partial charge in [-0.1, -0.05) is 36.4 Å². The van der Waals surface area contributed by atoms with Crippen molar-refractivity contribution in [3.8, 4) is 0 Å². The summed E-state index contributed by atoms with van der Waals surface area (Å²) in [5.41, 5.74) is 12.1. The second-order valence-corrected chi connectivity index (χ2v) is 5.45. The fourth-order valence-corrected chi connectivity index (χ4v) is 2.85. The molecule has 2 heterocycles. The Bertz CT molecular complexity index is 813. The summed E-state index contributed by atoms with van der Waals surface area (Å²) in [7, 11) is 0. The van der Waals surface area contributed by atoms with E-state index in [1.165, 1.54) is 11.1 Å². The summed E-state index contributed by atoms with van der Waals surface area (Å²) in [5, 5.41) is 1.14. The highest BCUT2D eigenvalue weighted by atomic mass is 16.5. The average Bonchev–Trinajstić information content (AvgIpc) is 3.01. The third kappa shape index (κ3) is 2.20. The van der Waals surface area contributed by atoms with Crippen LogP contribution < -0.4 is 5.73 Å². The fraction of sp³-hybridized carbons (Fsp3) is 0.167. The molecule has 104 valence electrons. The van der Waals surface area contributed by atoms with Crippen molar-refractivity contribution in [3.63, 3.8) is 0 Å². The minimum absolute atomic E-state index is 0.137. The smallest absolute Gasteiger partial charge is 0.0725 e. The third-order valence-corrected chi connectivity index (χ3v) is 4.09. The van der Waals surface area contributed by atoms with E-state index in [2.05, 4.69) is 47.4 Å². The van der Waals surface area contributed by atoms with E-state index in [1.54, 1.807) is 0 Å². The Balaban J connectivity index is 1.73. The molecule has 3 heteroatoms. The summed E-state index contributed by atoms with van der Waals surface area (Å²) >= 11 is 0. The summed E-state index contributed by atoms with van der Waals surface area (Å²) in [6.07, 6.45) is 1.81. The molecule has 1 aliphatic rings. The molecule has 1 aliphatic heterocycles. The first-order valence-electron chi connectivity index (χ1n) is 7.11. The molecule has 0 fully saturated rings. The highest BCUT2D eigenvalue weighted by Crippen LogP contribution is 2.27. The second kappa shape index (κ2) is 4.95. The van der Waals surface area contributed by atoms with Gasteiger partial charge in [-0.25, -0.2) is 0 Å². The van der Waals surface area contributed by atoms with E-state index in [0.717, 1.165) is 22.0 Å². The number of hydrogen-bond donors (Lipinski definition) is 1. The number of aromatic nitrogens is 1. The number of nitrogens with zero attached hydrogens (tertiary/aromatic N) is 1. The van der Waals surface area contributed by atoms with E-state index in [9.17, 15) is 0 Å². The predicted molar refractivity (Wildman–Crippen MR) is 82.7 cm³/mol. The zero-order chi connectivity index (χ0) is 14.2. The topological polar surface area (TPSA) is 48.1 Å². The minimum atomic E-state index is -0.137. The van der Waals surface area contributed by atoms with Gasteiger partial charge >= 0.3 is 0 Å². The van der Waals surface area contributed by atoms with Crippen molar-refractivity contribution in [2.45, 2.75) is 19.3 Å². The van der Waals surface area contributed by atoms with E-state index < -0.39 is 0 Å². The molecule has 0 spiro atoms. The minimum Gasteiger partial charge on any atom is -0.372 e. The van der Waals surface area contributed by atoms with E-state index in [4.69, 9.17) is 10.5 Å². The number of hydrogen-bond acceptors (Lipinski definition) is 3. The largest absolute Gasteiger partial charge is 0.372 e. The Hall–Kier alpha value is -2.23. The van der Waals surface area contributed by atoms with Crippen LogP contribution in [0.25, 0.3) is 10.9 Å². The van der Waals surface area contributed by atoms with Crippen LogP contribution in [0.4, 0.5) is 0 Å². The van der Waals surface area contributed by atoms with Gasteiger partial charge < -0.3 is 10.5 Å². The van der Waals surface area contributed by atoms with Crippen LogP contribution in [0.2, 0.25) is 0 Å². The Labute approximate surface area is 123 Å². The molecule has 1 aromatic heterocycles. The predicted octanol–water partition coefficient (Wildman–Crippen LogP) is 3.31. The molecule has 0 bridgehead atoms. The van der Waals surface area contributed by atoms with Gasteiger partial charge in [0.25, 0.3) is 0 Å². The number of pyridine rings is 1. The van der Waals surface area contributed by atoms with Crippen molar-refractivity contribution >= 4 is 10.9 Å². The van der Waals surface area contributed by atoms with Gasteiger partial charge in [0.15, 0.2) is 0 Å². The summed E-state index contributed by atoms with van der Waals surface area (Å²) in [6.45, 7) is 1.40. The van der Waals surface area contributed by atoms with Gasteiger partial charge in [-0.3, -0.25) is 4.98 Å². The molecule has 0 amide bonds. The fourth-order valence-electron chi connectivity index (χ4n) is 2.85. The molecule has 1 unspecified atom stereocenters. The molecule has 4 rings (SSSR count). The first kappa shape index (κ1) is 12.5. The lowest BCUT2D eigenvalue weighted by Gasteiger charge is -2.14. The quantitative estimate of drug-likeness (QED) is 0.781. The Morgan fingerprint density at radius 3 is 2.71 bits per heavy atom. The molecule has 1 atom stereocenters. The van der Waals surface area contributed by atoms with Crippen LogP contribution in [0, 0.1) is 0 Å². The van der Waals surface area contributed by atoms with Crippen molar-refractivity contribution in [2.75, 3.05) is 0 Å². The maximum atomic E-state index is 6.43. The Morgan fingerprint density at radius 2 is 1.76 bits per heavy atom. The second-order valence-electron chi connectivity index (χ2n) is 5.45. The lowest BCUT2D eigenvalue weighted by atomic mass is 9.95. The maximum Gasteiger partial charge on any atom is 0.0725 e. The zero-order valence-corrected chi connectivity index (χ0v) is 11.6. The zero-order valence-electron chi connectivity index (χ0n) is 11.6. The van der Waals surface area contributed by atoms with Crippen LogP contribution in [0.3, 0.4) is 0 Å². The first-order valence-corrected chi connectivity index (χ1v) is 7.11. The van der Waals surface area contributed by atoms with Gasteiger partial charge in [0, 0.05) is 11.6 Å². The normalized spacial score (nSPS) is 15.1. The van der Waals surface area contributed by atoms with Crippen LogP contribution >= 0.6 is 0 Å². The number of rotatable bonds is 2. The van der Waals surface area contributed by atoms with E-state index in [0.29, 0.717) is 13.2 Å². The maximum absolute atomic E-state index is 6.43. The van der Waals surface area contributed by atoms with Crippen molar-refractivity contribution in [1.29, 1.82) is 0 Å². The number of benzene rings is 2. The highest BCUT2D eigenvalue weighted by molar-refractivity contribution is 5.79.